The standard InChI is InChI=1S/C18H16N4O4/c1-24-12-8-11(17(23)25-2)9-13(10-12)26-16-14(4-3-6-20-16)15-5-7-21-18(19)22-15/h3-10H,1-2H3,(H2,19,21,22). The van der Waals surface area contributed by atoms with Crippen LogP contribution in [-0.4, -0.2) is 35.1 Å². The van der Waals surface area contributed by atoms with E-state index in [1.165, 1.54) is 14.2 Å². The average Bonchev–Trinajstić information content (AvgIpc) is 2.67. The fraction of sp³-hybridized carbons (Fsp3) is 0.111. The van der Waals surface area contributed by atoms with Gasteiger partial charge in [-0.2, -0.15) is 0 Å². The first-order valence-corrected chi connectivity index (χ1v) is 7.60. The Morgan fingerprint density at radius 2 is 1.85 bits per heavy atom. The number of esters is 1. The third-order valence-electron chi connectivity index (χ3n) is 3.47. The number of hydrogen-bond donors (Lipinski definition) is 1. The van der Waals surface area contributed by atoms with E-state index in [9.17, 15) is 4.79 Å². The van der Waals surface area contributed by atoms with E-state index in [4.69, 9.17) is 19.9 Å². The van der Waals surface area contributed by atoms with Gasteiger partial charge in [0.2, 0.25) is 11.8 Å². The Balaban J connectivity index is 2.01. The number of nitrogen functional groups attached to an aromatic ring is 1. The van der Waals surface area contributed by atoms with Crippen LogP contribution in [0.3, 0.4) is 0 Å². The van der Waals surface area contributed by atoms with Crippen LogP contribution < -0.4 is 15.2 Å². The van der Waals surface area contributed by atoms with Crippen molar-refractivity contribution >= 4 is 11.9 Å². The summed E-state index contributed by atoms with van der Waals surface area (Å²) in [6.07, 6.45) is 3.14. The number of methoxy groups -OCH3 is 2. The number of pyridine rings is 1. The van der Waals surface area contributed by atoms with E-state index < -0.39 is 5.97 Å². The number of benzene rings is 1. The van der Waals surface area contributed by atoms with Crippen molar-refractivity contribution in [1.82, 2.24) is 15.0 Å². The van der Waals surface area contributed by atoms with Crippen molar-refractivity contribution in [2.24, 2.45) is 0 Å². The maximum absolute atomic E-state index is 11.8. The number of hydrogen-bond acceptors (Lipinski definition) is 8. The van der Waals surface area contributed by atoms with E-state index in [1.54, 1.807) is 48.8 Å². The van der Waals surface area contributed by atoms with Gasteiger partial charge < -0.3 is 19.9 Å². The monoisotopic (exact) mass is 352 g/mol. The number of anilines is 1. The number of carbonyl (C=O) groups excluding carboxylic acids is 1. The molecular weight excluding hydrogens is 336 g/mol. The molecule has 3 aromatic rings. The zero-order chi connectivity index (χ0) is 18.5. The van der Waals surface area contributed by atoms with Gasteiger partial charge in [-0.05, 0) is 30.3 Å². The second-order valence-corrected chi connectivity index (χ2v) is 5.15. The van der Waals surface area contributed by atoms with E-state index in [1.807, 2.05) is 0 Å². The van der Waals surface area contributed by atoms with E-state index >= 15 is 0 Å². The summed E-state index contributed by atoms with van der Waals surface area (Å²) in [5.74, 6) is 0.762. The maximum atomic E-state index is 11.8. The Kier molecular flexibility index (Phi) is 4.93. The lowest BCUT2D eigenvalue weighted by Crippen LogP contribution is -2.02. The number of carbonyl (C=O) groups is 1. The van der Waals surface area contributed by atoms with Gasteiger partial charge in [-0.3, -0.25) is 0 Å². The topological polar surface area (TPSA) is 109 Å². The molecule has 26 heavy (non-hydrogen) atoms. The van der Waals surface area contributed by atoms with Crippen molar-refractivity contribution in [3.8, 4) is 28.6 Å². The molecule has 2 heterocycles. The minimum absolute atomic E-state index is 0.145. The zero-order valence-corrected chi connectivity index (χ0v) is 14.2. The van der Waals surface area contributed by atoms with Crippen LogP contribution in [0.4, 0.5) is 5.95 Å². The zero-order valence-electron chi connectivity index (χ0n) is 14.2. The van der Waals surface area contributed by atoms with E-state index in [2.05, 4.69) is 15.0 Å². The summed E-state index contributed by atoms with van der Waals surface area (Å²) in [6.45, 7) is 0. The van der Waals surface area contributed by atoms with Gasteiger partial charge in [0.05, 0.1) is 31.0 Å². The molecule has 0 unspecified atom stereocenters. The van der Waals surface area contributed by atoms with Crippen molar-refractivity contribution in [3.05, 3.63) is 54.4 Å². The highest BCUT2D eigenvalue weighted by atomic mass is 16.5. The Labute approximate surface area is 149 Å². The summed E-state index contributed by atoms with van der Waals surface area (Å²) in [5, 5.41) is 0. The lowest BCUT2D eigenvalue weighted by molar-refractivity contribution is 0.0600. The summed E-state index contributed by atoms with van der Waals surface area (Å²) in [7, 11) is 2.80. The molecule has 3 rings (SSSR count). The molecule has 2 N–H and O–H groups in total. The van der Waals surface area contributed by atoms with Gasteiger partial charge >= 0.3 is 5.97 Å². The third kappa shape index (κ3) is 3.69. The van der Waals surface area contributed by atoms with Crippen molar-refractivity contribution in [2.45, 2.75) is 0 Å². The second kappa shape index (κ2) is 7.47. The highest BCUT2D eigenvalue weighted by Gasteiger charge is 2.14. The smallest absolute Gasteiger partial charge is 0.338 e. The van der Waals surface area contributed by atoms with Gasteiger partial charge in [-0.1, -0.05) is 0 Å². The van der Waals surface area contributed by atoms with Crippen LogP contribution >= 0.6 is 0 Å². The average molecular weight is 352 g/mol. The van der Waals surface area contributed by atoms with Crippen LogP contribution in [0.15, 0.2) is 48.8 Å². The van der Waals surface area contributed by atoms with E-state index in [-0.39, 0.29) is 5.95 Å². The van der Waals surface area contributed by atoms with Gasteiger partial charge in [0.1, 0.15) is 11.5 Å². The van der Waals surface area contributed by atoms with E-state index in [0.717, 1.165) is 0 Å². The molecule has 0 saturated heterocycles. The van der Waals surface area contributed by atoms with Gasteiger partial charge in [-0.25, -0.2) is 19.7 Å². The fourth-order valence-electron chi connectivity index (χ4n) is 2.29. The number of rotatable bonds is 5. The minimum atomic E-state index is -0.501. The number of nitrogens with zero attached hydrogens (tertiary/aromatic N) is 3. The number of ether oxygens (including phenoxy) is 3. The van der Waals surface area contributed by atoms with Crippen molar-refractivity contribution in [2.75, 3.05) is 20.0 Å². The van der Waals surface area contributed by atoms with Gasteiger partial charge in [0, 0.05) is 18.5 Å². The maximum Gasteiger partial charge on any atom is 0.338 e. The highest BCUT2D eigenvalue weighted by Crippen LogP contribution is 2.32. The first kappa shape index (κ1) is 17.2. The summed E-state index contributed by atoms with van der Waals surface area (Å²) < 4.78 is 15.8. The molecule has 0 bridgehead atoms. The Morgan fingerprint density at radius 3 is 2.58 bits per heavy atom. The van der Waals surface area contributed by atoms with E-state index in [0.29, 0.717) is 34.2 Å². The number of nitrogens with two attached hydrogens (primary N) is 1. The second-order valence-electron chi connectivity index (χ2n) is 5.15. The Hall–Kier alpha value is -3.68. The predicted molar refractivity (Wildman–Crippen MR) is 94.1 cm³/mol. The molecule has 0 radical (unpaired) electrons. The molecule has 0 saturated carbocycles. The molecule has 0 aliphatic carbocycles. The molecule has 1 aromatic carbocycles. The van der Waals surface area contributed by atoms with Crippen LogP contribution in [0.5, 0.6) is 17.4 Å². The predicted octanol–water partition coefficient (Wildman–Crippen LogP) is 2.71. The molecule has 0 aliphatic heterocycles. The SMILES string of the molecule is COC(=O)c1cc(OC)cc(Oc2ncccc2-c2ccnc(N)n2)c1. The van der Waals surface area contributed by atoms with Crippen LogP contribution in [0.1, 0.15) is 10.4 Å². The van der Waals surface area contributed by atoms with Crippen LogP contribution in [-0.2, 0) is 4.74 Å². The summed E-state index contributed by atoms with van der Waals surface area (Å²) in [6, 6.07) is 9.99. The van der Waals surface area contributed by atoms with Gasteiger partial charge in [-0.15, -0.1) is 0 Å². The summed E-state index contributed by atoms with van der Waals surface area (Å²) >= 11 is 0. The van der Waals surface area contributed by atoms with Crippen molar-refractivity contribution < 1.29 is 19.0 Å². The fourth-order valence-corrected chi connectivity index (χ4v) is 2.29. The van der Waals surface area contributed by atoms with Crippen molar-refractivity contribution in [1.29, 1.82) is 0 Å². The molecule has 0 aliphatic rings. The summed E-state index contributed by atoms with van der Waals surface area (Å²) in [5.41, 5.74) is 7.15. The first-order valence-electron chi connectivity index (χ1n) is 7.60. The lowest BCUT2D eigenvalue weighted by atomic mass is 10.2. The van der Waals surface area contributed by atoms with Gasteiger partial charge in [0.25, 0.3) is 0 Å². The molecule has 132 valence electrons. The first-order chi connectivity index (χ1) is 12.6. The van der Waals surface area contributed by atoms with Crippen LogP contribution in [0, 0.1) is 0 Å². The molecule has 0 atom stereocenters. The molecule has 8 nitrogen and oxygen atoms in total. The Bertz CT molecular complexity index is 946. The molecular formula is C18H16N4O4. The van der Waals surface area contributed by atoms with Crippen LogP contribution in [0.2, 0.25) is 0 Å². The highest BCUT2D eigenvalue weighted by molar-refractivity contribution is 5.90. The van der Waals surface area contributed by atoms with Crippen molar-refractivity contribution in [3.63, 3.8) is 0 Å². The van der Waals surface area contributed by atoms with Gasteiger partial charge in [0.15, 0.2) is 0 Å². The molecule has 0 spiro atoms. The lowest BCUT2D eigenvalue weighted by Gasteiger charge is -2.12. The minimum Gasteiger partial charge on any atom is -0.497 e. The molecule has 8 heteroatoms. The normalized spacial score (nSPS) is 10.2. The summed E-state index contributed by atoms with van der Waals surface area (Å²) in [4.78, 5) is 24.1. The number of aromatic nitrogens is 3. The molecule has 0 amide bonds. The van der Waals surface area contributed by atoms with Crippen LogP contribution in [0.25, 0.3) is 11.3 Å². The quantitative estimate of drug-likeness (QED) is 0.698. The molecule has 2 aromatic heterocycles. The molecule has 0 fully saturated rings. The Morgan fingerprint density at radius 1 is 1.04 bits per heavy atom. The largest absolute Gasteiger partial charge is 0.497 e. The third-order valence-corrected chi connectivity index (χ3v) is 3.47.